The third-order valence-corrected chi connectivity index (χ3v) is 3.14. The topological polar surface area (TPSA) is 26.0 Å². The van der Waals surface area contributed by atoms with E-state index in [1.165, 1.54) is 16.7 Å². The third kappa shape index (κ3) is 2.50. The van der Waals surface area contributed by atoms with Crippen LogP contribution in [0.25, 0.3) is 5.57 Å². The average Bonchev–Trinajstić information content (AvgIpc) is 2.28. The highest BCUT2D eigenvalue weighted by molar-refractivity contribution is 5.79. The molecule has 0 heterocycles. The molecular weight excluding hydrogens is 206 g/mol. The van der Waals surface area contributed by atoms with E-state index in [2.05, 4.69) is 31.7 Å². The average molecular weight is 225 g/mol. The lowest BCUT2D eigenvalue weighted by Crippen LogP contribution is -2.09. The molecule has 1 aliphatic rings. The molecular formula is C16H19N. The number of allylic oxidation sites excluding steroid dienone is 5. The molecule has 88 valence electrons. The zero-order chi connectivity index (χ0) is 12.3. The fraction of sp³-hybridized carbons (Fsp3) is 0.250. The fourth-order valence-electron chi connectivity index (χ4n) is 2.48. The van der Waals surface area contributed by atoms with Gasteiger partial charge in [0.25, 0.3) is 0 Å². The maximum atomic E-state index is 6.10. The van der Waals surface area contributed by atoms with Crippen LogP contribution in [0, 0.1) is 5.92 Å². The van der Waals surface area contributed by atoms with Crippen LogP contribution in [-0.4, -0.2) is 0 Å². The van der Waals surface area contributed by atoms with E-state index in [1.54, 1.807) is 0 Å². The highest BCUT2D eigenvalue weighted by Crippen LogP contribution is 2.35. The molecule has 0 aromatic heterocycles. The Morgan fingerprint density at radius 2 is 2.29 bits per heavy atom. The Kier molecular flexibility index (Phi) is 3.48. The first-order chi connectivity index (χ1) is 8.22. The van der Waals surface area contributed by atoms with Gasteiger partial charge in [0.05, 0.1) is 0 Å². The SMILES string of the molecule is C=CC=CCC1=CC(C)Cc2cccc(N)c21. The number of nitrogens with two attached hydrogens (primary N) is 1. The minimum atomic E-state index is 0.594. The van der Waals surface area contributed by atoms with Gasteiger partial charge < -0.3 is 5.73 Å². The van der Waals surface area contributed by atoms with E-state index >= 15 is 0 Å². The highest BCUT2D eigenvalue weighted by Gasteiger charge is 2.17. The maximum Gasteiger partial charge on any atom is 0.0393 e. The zero-order valence-corrected chi connectivity index (χ0v) is 10.3. The van der Waals surface area contributed by atoms with Gasteiger partial charge in [-0.15, -0.1) is 0 Å². The summed E-state index contributed by atoms with van der Waals surface area (Å²) in [5.41, 5.74) is 11.0. The van der Waals surface area contributed by atoms with E-state index < -0.39 is 0 Å². The zero-order valence-electron chi connectivity index (χ0n) is 10.3. The van der Waals surface area contributed by atoms with Gasteiger partial charge in [-0.3, -0.25) is 0 Å². The van der Waals surface area contributed by atoms with Crippen LogP contribution >= 0.6 is 0 Å². The molecule has 2 rings (SSSR count). The molecule has 0 aliphatic heterocycles. The second-order valence-corrected chi connectivity index (χ2v) is 4.62. The molecule has 2 N–H and O–H groups in total. The van der Waals surface area contributed by atoms with Gasteiger partial charge in [-0.2, -0.15) is 0 Å². The van der Waals surface area contributed by atoms with Gasteiger partial charge >= 0.3 is 0 Å². The molecule has 1 aromatic rings. The first-order valence-corrected chi connectivity index (χ1v) is 6.08. The molecule has 0 saturated heterocycles. The lowest BCUT2D eigenvalue weighted by atomic mass is 9.83. The summed E-state index contributed by atoms with van der Waals surface area (Å²) in [6.45, 7) is 5.94. The number of anilines is 1. The standard InChI is InChI=1S/C16H19N/c1-3-4-5-7-13-10-12(2)11-14-8-6-9-15(17)16(13)14/h3-6,8-10,12H,1,7,11,17H2,2H3. The molecule has 0 amide bonds. The summed E-state index contributed by atoms with van der Waals surface area (Å²) in [6, 6.07) is 6.22. The number of rotatable bonds is 3. The molecule has 0 radical (unpaired) electrons. The number of nitrogen functional groups attached to an aromatic ring is 1. The van der Waals surface area contributed by atoms with Crippen LogP contribution in [0.3, 0.4) is 0 Å². The number of hydrogen-bond donors (Lipinski definition) is 1. The van der Waals surface area contributed by atoms with Crippen molar-refractivity contribution in [2.24, 2.45) is 5.92 Å². The summed E-state index contributed by atoms with van der Waals surface area (Å²) in [5, 5.41) is 0. The Balaban J connectivity index is 2.38. The third-order valence-electron chi connectivity index (χ3n) is 3.14. The normalized spacial score (nSPS) is 18.9. The van der Waals surface area contributed by atoms with Gasteiger partial charge in [-0.1, -0.05) is 49.9 Å². The monoisotopic (exact) mass is 225 g/mol. The summed E-state index contributed by atoms with van der Waals surface area (Å²) in [5.74, 6) is 0.594. The van der Waals surface area contributed by atoms with E-state index in [0.29, 0.717) is 5.92 Å². The summed E-state index contributed by atoms with van der Waals surface area (Å²) in [7, 11) is 0. The number of hydrogen-bond acceptors (Lipinski definition) is 1. The van der Waals surface area contributed by atoms with Crippen LogP contribution in [0.4, 0.5) is 5.69 Å². The molecule has 0 bridgehead atoms. The van der Waals surface area contributed by atoms with Crippen LogP contribution in [-0.2, 0) is 6.42 Å². The maximum absolute atomic E-state index is 6.10. The van der Waals surface area contributed by atoms with Crippen molar-refractivity contribution in [2.75, 3.05) is 5.73 Å². The van der Waals surface area contributed by atoms with Gasteiger partial charge in [-0.25, -0.2) is 0 Å². The van der Waals surface area contributed by atoms with Gasteiger partial charge in [0, 0.05) is 11.3 Å². The van der Waals surface area contributed by atoms with Crippen molar-refractivity contribution < 1.29 is 0 Å². The van der Waals surface area contributed by atoms with Crippen LogP contribution < -0.4 is 5.73 Å². The molecule has 1 atom stereocenters. The largest absolute Gasteiger partial charge is 0.398 e. The molecule has 1 unspecified atom stereocenters. The second-order valence-electron chi connectivity index (χ2n) is 4.62. The van der Waals surface area contributed by atoms with Crippen molar-refractivity contribution in [3.8, 4) is 0 Å². The van der Waals surface area contributed by atoms with Crippen molar-refractivity contribution in [1.82, 2.24) is 0 Å². The smallest absolute Gasteiger partial charge is 0.0393 e. The Morgan fingerprint density at radius 1 is 1.47 bits per heavy atom. The molecule has 17 heavy (non-hydrogen) atoms. The van der Waals surface area contributed by atoms with Gasteiger partial charge in [0.2, 0.25) is 0 Å². The van der Waals surface area contributed by atoms with Crippen LogP contribution in [0.5, 0.6) is 0 Å². The minimum Gasteiger partial charge on any atom is -0.398 e. The van der Waals surface area contributed by atoms with Crippen molar-refractivity contribution in [3.05, 3.63) is 60.2 Å². The molecule has 0 saturated carbocycles. The highest BCUT2D eigenvalue weighted by atomic mass is 14.6. The van der Waals surface area contributed by atoms with Crippen molar-refractivity contribution in [1.29, 1.82) is 0 Å². The summed E-state index contributed by atoms with van der Waals surface area (Å²) in [4.78, 5) is 0. The van der Waals surface area contributed by atoms with Gasteiger partial charge in [0.1, 0.15) is 0 Å². The molecule has 1 aliphatic carbocycles. The van der Waals surface area contributed by atoms with E-state index in [0.717, 1.165) is 18.5 Å². The Morgan fingerprint density at radius 3 is 3.06 bits per heavy atom. The lowest BCUT2D eigenvalue weighted by molar-refractivity contribution is 0.711. The Hall–Kier alpha value is -1.76. The van der Waals surface area contributed by atoms with E-state index in [1.807, 2.05) is 24.3 Å². The number of fused-ring (bicyclic) bond motifs is 1. The quantitative estimate of drug-likeness (QED) is 0.611. The first kappa shape index (κ1) is 11.7. The summed E-state index contributed by atoms with van der Waals surface area (Å²) < 4.78 is 0. The van der Waals surface area contributed by atoms with E-state index in [4.69, 9.17) is 5.73 Å². The molecule has 1 heteroatoms. The predicted molar refractivity (Wildman–Crippen MR) is 75.7 cm³/mol. The molecule has 0 fully saturated rings. The van der Waals surface area contributed by atoms with Crippen molar-refractivity contribution >= 4 is 11.3 Å². The summed E-state index contributed by atoms with van der Waals surface area (Å²) in [6.07, 6.45) is 10.3. The van der Waals surface area contributed by atoms with Crippen molar-refractivity contribution in [2.45, 2.75) is 19.8 Å². The second kappa shape index (κ2) is 5.05. The molecule has 0 spiro atoms. The fourth-order valence-corrected chi connectivity index (χ4v) is 2.48. The van der Waals surface area contributed by atoms with E-state index in [9.17, 15) is 0 Å². The van der Waals surface area contributed by atoms with Gasteiger partial charge in [0.15, 0.2) is 0 Å². The molecule has 1 aromatic carbocycles. The molecule has 1 nitrogen and oxygen atoms in total. The van der Waals surface area contributed by atoms with Crippen LogP contribution in [0.1, 0.15) is 24.5 Å². The van der Waals surface area contributed by atoms with Gasteiger partial charge in [-0.05, 0) is 36.0 Å². The summed E-state index contributed by atoms with van der Waals surface area (Å²) >= 11 is 0. The number of benzene rings is 1. The lowest BCUT2D eigenvalue weighted by Gasteiger charge is -2.22. The Bertz CT molecular complexity index is 480. The minimum absolute atomic E-state index is 0.594. The first-order valence-electron chi connectivity index (χ1n) is 6.08. The Labute approximate surface area is 103 Å². The van der Waals surface area contributed by atoms with E-state index in [-0.39, 0.29) is 0 Å². The van der Waals surface area contributed by atoms with Crippen LogP contribution in [0.15, 0.2) is 49.1 Å². The van der Waals surface area contributed by atoms with Crippen LogP contribution in [0.2, 0.25) is 0 Å². The van der Waals surface area contributed by atoms with Crippen molar-refractivity contribution in [3.63, 3.8) is 0 Å². The predicted octanol–water partition coefficient (Wildman–Crippen LogP) is 3.98.